The Morgan fingerprint density at radius 3 is 1.29 bits per heavy atom. The Labute approximate surface area is 546 Å². The average Bonchev–Trinajstić information content (AvgIpc) is 1.06. The number of aryl methyl sites for hydroxylation is 1. The number of aromatic nitrogens is 3. The van der Waals surface area contributed by atoms with Gasteiger partial charge in [-0.3, -0.25) is 9.97 Å². The summed E-state index contributed by atoms with van der Waals surface area (Å²) < 4.78 is 79.9. The van der Waals surface area contributed by atoms with E-state index in [1.807, 2.05) is 109 Å². The summed E-state index contributed by atoms with van der Waals surface area (Å²) in [4.78, 5) is 12.8. The van der Waals surface area contributed by atoms with Gasteiger partial charge < -0.3 is 14.2 Å². The smallest absolute Gasteiger partial charge is 0.416 e. The van der Waals surface area contributed by atoms with E-state index in [0.29, 0.717) is 29.4 Å². The Bertz CT molecular complexity index is 3120. The lowest BCUT2D eigenvalue weighted by Crippen LogP contribution is -2.13. The molecule has 0 spiro atoms. The summed E-state index contributed by atoms with van der Waals surface area (Å²) >= 11 is 6.01. The number of rotatable bonds is 7. The minimum Gasteiger partial charge on any atom is -0.488 e. The standard InChI is InChI=1S/C13H19FO.C13H21NO.C12H17FO.C11H13F3.C10H13Cl.C10H15N.C9H13N/c1-9(2)15-12-7-6-10(8-11(12)14)13(3,4)5;1-10(2)9-15-12-7-6-11(8-14-12)13(3,4)5;1-12(2,3)10-6-5-9(8-14-4)11(13)7-10;1-10(2,3)8-5-4-6-9(7-8)11(12,13)14;1-10(2,3)8-6-4-5-7-9(8)11;1-8-5-6-9(7-11-8)10(2,3)4;1-9(2,3)8-6-4-5-7-10-8/h6-9H,1-5H3;6-8,10H,9H2,1-5H3;5-7H,8H2,1-4H3;4-7H,1-3H3;4-7H,1-3H3;5-7H,1-4H3;4-7H,1-3H3. The van der Waals surface area contributed by atoms with Crippen LogP contribution >= 0.6 is 11.6 Å². The molecule has 0 unspecified atom stereocenters. The van der Waals surface area contributed by atoms with E-state index >= 15 is 0 Å². The summed E-state index contributed by atoms with van der Waals surface area (Å²) in [7, 11) is 1.57. The summed E-state index contributed by atoms with van der Waals surface area (Å²) in [5.74, 6) is 1.12. The van der Waals surface area contributed by atoms with Gasteiger partial charge in [-0.2, -0.15) is 13.2 Å². The van der Waals surface area contributed by atoms with E-state index in [1.165, 1.54) is 28.8 Å². The maximum atomic E-state index is 13.6. The van der Waals surface area contributed by atoms with Crippen LogP contribution in [0.4, 0.5) is 22.0 Å². The monoisotopic (exact) mass is 1270 g/mol. The molecular formula is C78H111ClF5N3O3. The van der Waals surface area contributed by atoms with Crippen LogP contribution in [-0.2, 0) is 55.4 Å². The molecule has 12 heteroatoms. The van der Waals surface area contributed by atoms with Crippen molar-refractivity contribution in [1.29, 1.82) is 0 Å². The molecule has 0 amide bonds. The first kappa shape index (κ1) is 81.8. The van der Waals surface area contributed by atoms with Crippen LogP contribution in [0.5, 0.6) is 11.6 Å². The highest BCUT2D eigenvalue weighted by Gasteiger charge is 2.31. The van der Waals surface area contributed by atoms with Gasteiger partial charge in [-0.15, -0.1) is 0 Å². The van der Waals surface area contributed by atoms with Crippen LogP contribution < -0.4 is 9.47 Å². The largest absolute Gasteiger partial charge is 0.488 e. The normalized spacial score (nSPS) is 11.9. The van der Waals surface area contributed by atoms with Crippen LogP contribution in [0, 0.1) is 24.5 Å². The van der Waals surface area contributed by atoms with Crippen molar-refractivity contribution < 1.29 is 36.2 Å². The van der Waals surface area contributed by atoms with Crippen molar-refractivity contribution in [3.63, 3.8) is 0 Å². The lowest BCUT2D eigenvalue weighted by Gasteiger charge is -2.20. The third-order valence-corrected chi connectivity index (χ3v) is 13.8. The summed E-state index contributed by atoms with van der Waals surface area (Å²) in [6.07, 6.45) is 1.44. The minimum atomic E-state index is -4.25. The van der Waals surface area contributed by atoms with E-state index in [4.69, 9.17) is 25.8 Å². The molecule has 0 N–H and O–H groups in total. The maximum Gasteiger partial charge on any atom is 0.416 e. The lowest BCUT2D eigenvalue weighted by atomic mass is 9.86. The summed E-state index contributed by atoms with van der Waals surface area (Å²) in [6, 6.07) is 38.2. The minimum absolute atomic E-state index is 0.0000123. The molecule has 7 rings (SSSR count). The summed E-state index contributed by atoms with van der Waals surface area (Å²) in [5.41, 5.74) is 9.12. The second-order valence-corrected chi connectivity index (χ2v) is 30.8. The highest BCUT2D eigenvalue weighted by molar-refractivity contribution is 6.31. The molecule has 0 aliphatic heterocycles. The Kier molecular flexibility index (Phi) is 32.4. The molecule has 4 aromatic carbocycles. The zero-order valence-electron chi connectivity index (χ0n) is 59.8. The van der Waals surface area contributed by atoms with Crippen LogP contribution in [0.15, 0.2) is 146 Å². The first-order valence-corrected chi connectivity index (χ1v) is 31.5. The Balaban J connectivity index is 0.000000527. The van der Waals surface area contributed by atoms with Crippen LogP contribution in [0.1, 0.15) is 229 Å². The number of benzene rings is 4. The SMILES string of the molecule is CC(C)(C)c1cccc(C(F)(F)F)c1.CC(C)(C)c1ccccc1Cl.CC(C)(C)c1ccccn1.CC(C)COc1ccc(C(C)(C)C)cn1.CC(C)Oc1ccc(C(C)(C)C)cc1F.COCc1ccc(C(C)(C)C)cc1F.Cc1ccc(C(C)(C)C)cn1. The fourth-order valence-electron chi connectivity index (χ4n) is 7.71. The molecule has 0 saturated carbocycles. The first-order valence-electron chi connectivity index (χ1n) is 31.1. The van der Waals surface area contributed by atoms with Gasteiger partial charge >= 0.3 is 6.18 Å². The van der Waals surface area contributed by atoms with Crippen LogP contribution in [0.25, 0.3) is 0 Å². The second-order valence-electron chi connectivity index (χ2n) is 30.4. The number of alkyl halides is 3. The lowest BCUT2D eigenvalue weighted by molar-refractivity contribution is -0.137. The molecule has 6 nitrogen and oxygen atoms in total. The fraction of sp³-hybridized carbons (Fsp3) is 0.500. The quantitative estimate of drug-likeness (QED) is 0.148. The van der Waals surface area contributed by atoms with Gasteiger partial charge in [0.25, 0.3) is 0 Å². The van der Waals surface area contributed by atoms with Gasteiger partial charge in [0.15, 0.2) is 11.6 Å². The van der Waals surface area contributed by atoms with E-state index in [-0.39, 0.29) is 55.6 Å². The van der Waals surface area contributed by atoms with Crippen LogP contribution in [0.2, 0.25) is 5.02 Å². The van der Waals surface area contributed by atoms with Crippen molar-refractivity contribution in [2.24, 2.45) is 5.92 Å². The molecule has 0 atom stereocenters. The van der Waals surface area contributed by atoms with Crippen molar-refractivity contribution in [1.82, 2.24) is 15.0 Å². The van der Waals surface area contributed by atoms with Gasteiger partial charge in [-0.25, -0.2) is 13.8 Å². The van der Waals surface area contributed by atoms with Gasteiger partial charge in [0.1, 0.15) is 5.82 Å². The Morgan fingerprint density at radius 1 is 0.456 bits per heavy atom. The van der Waals surface area contributed by atoms with Gasteiger partial charge in [0.2, 0.25) is 5.88 Å². The number of ether oxygens (including phenoxy) is 3. The highest BCUT2D eigenvalue weighted by atomic mass is 35.5. The van der Waals surface area contributed by atoms with E-state index in [9.17, 15) is 22.0 Å². The van der Waals surface area contributed by atoms with Crippen molar-refractivity contribution in [3.05, 3.63) is 219 Å². The van der Waals surface area contributed by atoms with Crippen molar-refractivity contribution >= 4 is 11.6 Å². The van der Waals surface area contributed by atoms with Crippen LogP contribution in [0.3, 0.4) is 0 Å². The fourth-order valence-corrected chi connectivity index (χ4v) is 8.13. The zero-order valence-corrected chi connectivity index (χ0v) is 60.5. The Hall–Kier alpha value is -6.17. The number of methoxy groups -OCH3 is 1. The third-order valence-electron chi connectivity index (χ3n) is 13.5. The molecule has 3 heterocycles. The summed E-state index contributed by atoms with van der Waals surface area (Å²) in [6.45, 7) is 55.2. The first-order chi connectivity index (χ1) is 41.0. The van der Waals surface area contributed by atoms with E-state index < -0.39 is 11.7 Å². The van der Waals surface area contributed by atoms with Gasteiger partial charge in [0.05, 0.1) is 24.9 Å². The number of pyridine rings is 3. The molecule has 498 valence electrons. The highest BCUT2D eigenvalue weighted by Crippen LogP contribution is 2.34. The maximum absolute atomic E-state index is 13.6. The van der Waals surface area contributed by atoms with Crippen molar-refractivity contribution in [3.8, 4) is 11.6 Å². The van der Waals surface area contributed by atoms with E-state index in [0.717, 1.165) is 46.1 Å². The number of hydrogen-bond acceptors (Lipinski definition) is 6. The number of nitrogens with zero attached hydrogens (tertiary/aromatic N) is 3. The molecule has 0 bridgehead atoms. The van der Waals surface area contributed by atoms with Crippen LogP contribution in [-0.4, -0.2) is 34.8 Å². The molecular weight excluding hydrogens is 1160 g/mol. The molecule has 90 heavy (non-hydrogen) atoms. The van der Waals surface area contributed by atoms with Gasteiger partial charge in [-0.1, -0.05) is 244 Å². The average molecular weight is 1270 g/mol. The zero-order chi connectivity index (χ0) is 69.4. The molecule has 0 saturated heterocycles. The van der Waals surface area contributed by atoms with E-state index in [2.05, 4.69) is 184 Å². The van der Waals surface area contributed by atoms with Gasteiger partial charge in [-0.05, 0) is 141 Å². The van der Waals surface area contributed by atoms with Crippen molar-refractivity contribution in [2.75, 3.05) is 13.7 Å². The van der Waals surface area contributed by atoms with Gasteiger partial charge in [0, 0.05) is 59.2 Å². The summed E-state index contributed by atoms with van der Waals surface area (Å²) in [5, 5.41) is 0.861. The third kappa shape index (κ3) is 32.2. The predicted octanol–water partition coefficient (Wildman–Crippen LogP) is 23.3. The second kappa shape index (κ2) is 35.6. The number of halogens is 6. The Morgan fingerprint density at radius 2 is 0.922 bits per heavy atom. The molecule has 0 radical (unpaired) electrons. The molecule has 3 aromatic heterocycles. The molecule has 7 aromatic rings. The van der Waals surface area contributed by atoms with Crippen molar-refractivity contribution in [2.45, 2.75) is 237 Å². The van der Waals surface area contributed by atoms with E-state index in [1.54, 1.807) is 37.4 Å². The predicted molar refractivity (Wildman–Crippen MR) is 371 cm³/mol. The number of hydrogen-bond donors (Lipinski definition) is 0. The molecule has 0 aliphatic carbocycles. The molecule has 0 fully saturated rings. The molecule has 0 aliphatic rings. The topological polar surface area (TPSA) is 66.4 Å².